The second kappa shape index (κ2) is 8.89. The Balaban J connectivity index is 1.39. The second-order valence-electron chi connectivity index (χ2n) is 11.4. The predicted molar refractivity (Wildman–Crippen MR) is 137 cm³/mol. The zero-order valence-electron chi connectivity index (χ0n) is 22.2. The molecule has 1 fully saturated rings. The summed E-state index contributed by atoms with van der Waals surface area (Å²) in [7, 11) is 0. The molecule has 1 aromatic carbocycles. The summed E-state index contributed by atoms with van der Waals surface area (Å²) in [6.07, 6.45) is 1.38. The molecule has 2 aromatic heterocycles. The standard InChI is InChI=1S/C26H33N7O4/c1-25(2,3)22-28-21(29-37-22)20-19-15-32(17-9-7-8-10-18(17)33(19)16-27-20)23(34)30-11-13-31(14-12-30)24(35)36-26(4,5)6/h7-10,16H,11-15H2,1-6H3. The topological polar surface area (TPSA) is 110 Å². The zero-order chi connectivity index (χ0) is 26.5. The van der Waals surface area contributed by atoms with Crippen molar-refractivity contribution in [1.82, 2.24) is 29.5 Å². The van der Waals surface area contributed by atoms with Crippen LogP contribution in [0, 0.1) is 0 Å². The minimum atomic E-state index is -0.561. The van der Waals surface area contributed by atoms with Gasteiger partial charge in [-0.1, -0.05) is 38.1 Å². The summed E-state index contributed by atoms with van der Waals surface area (Å²) in [6.45, 7) is 13.5. The maximum Gasteiger partial charge on any atom is 0.410 e. The monoisotopic (exact) mass is 507 g/mol. The number of amides is 3. The normalized spacial score (nSPS) is 15.9. The molecule has 3 aromatic rings. The molecule has 11 heteroatoms. The van der Waals surface area contributed by atoms with Gasteiger partial charge in [0.05, 0.1) is 23.6 Å². The summed E-state index contributed by atoms with van der Waals surface area (Å²) in [6, 6.07) is 7.61. The predicted octanol–water partition coefficient (Wildman–Crippen LogP) is 4.21. The van der Waals surface area contributed by atoms with E-state index in [0.717, 1.165) is 17.1 Å². The zero-order valence-corrected chi connectivity index (χ0v) is 22.2. The van der Waals surface area contributed by atoms with Crippen LogP contribution in [0.5, 0.6) is 0 Å². The largest absolute Gasteiger partial charge is 0.444 e. The van der Waals surface area contributed by atoms with Gasteiger partial charge in [0, 0.05) is 31.6 Å². The lowest BCUT2D eigenvalue weighted by Gasteiger charge is -2.39. The first-order valence-corrected chi connectivity index (χ1v) is 12.5. The maximum atomic E-state index is 13.8. The first-order chi connectivity index (χ1) is 17.4. The van der Waals surface area contributed by atoms with Crippen LogP contribution in [0.3, 0.4) is 0 Å². The van der Waals surface area contributed by atoms with Crippen molar-refractivity contribution in [3.05, 3.63) is 42.2 Å². The molecule has 0 unspecified atom stereocenters. The number of imidazole rings is 1. The lowest BCUT2D eigenvalue weighted by atomic mass is 9.97. The van der Waals surface area contributed by atoms with Crippen molar-refractivity contribution in [3.8, 4) is 17.2 Å². The van der Waals surface area contributed by atoms with Gasteiger partial charge in [-0.15, -0.1) is 0 Å². The summed E-state index contributed by atoms with van der Waals surface area (Å²) in [5.74, 6) is 0.924. The van der Waals surface area contributed by atoms with Gasteiger partial charge in [-0.2, -0.15) is 4.98 Å². The molecule has 0 radical (unpaired) electrons. The van der Waals surface area contributed by atoms with Crippen LogP contribution >= 0.6 is 0 Å². The van der Waals surface area contributed by atoms with E-state index in [4.69, 9.17) is 9.26 Å². The van der Waals surface area contributed by atoms with E-state index in [2.05, 4.69) is 15.1 Å². The second-order valence-corrected chi connectivity index (χ2v) is 11.4. The molecule has 11 nitrogen and oxygen atoms in total. The molecular formula is C26H33N7O4. The van der Waals surface area contributed by atoms with Crippen molar-refractivity contribution in [1.29, 1.82) is 0 Å². The van der Waals surface area contributed by atoms with Crippen LogP contribution < -0.4 is 4.90 Å². The minimum Gasteiger partial charge on any atom is -0.444 e. The number of urea groups is 1. The third kappa shape index (κ3) is 4.77. The van der Waals surface area contributed by atoms with E-state index in [-0.39, 0.29) is 17.5 Å². The van der Waals surface area contributed by atoms with Crippen LogP contribution in [0.1, 0.15) is 53.1 Å². The maximum absolute atomic E-state index is 13.8. The third-order valence-corrected chi connectivity index (χ3v) is 6.32. The lowest BCUT2D eigenvalue weighted by Crippen LogP contribution is -2.55. The van der Waals surface area contributed by atoms with Gasteiger partial charge in [0.15, 0.2) is 0 Å². The van der Waals surface area contributed by atoms with Gasteiger partial charge >= 0.3 is 12.1 Å². The van der Waals surface area contributed by atoms with E-state index < -0.39 is 5.60 Å². The summed E-state index contributed by atoms with van der Waals surface area (Å²) >= 11 is 0. The quantitative estimate of drug-likeness (QED) is 0.485. The Bertz CT molecular complexity index is 1320. The van der Waals surface area contributed by atoms with Crippen LogP contribution in [-0.2, 0) is 16.7 Å². The molecule has 4 heterocycles. The van der Waals surface area contributed by atoms with Crippen molar-refractivity contribution in [2.75, 3.05) is 31.1 Å². The Hall–Kier alpha value is -3.89. The number of hydrogen-bond acceptors (Lipinski definition) is 7. The Morgan fingerprint density at radius 1 is 0.946 bits per heavy atom. The first kappa shape index (κ1) is 24.8. The van der Waals surface area contributed by atoms with E-state index in [1.807, 2.05) is 70.4 Å². The number of carbonyl (C=O) groups is 2. The van der Waals surface area contributed by atoms with Crippen molar-refractivity contribution in [3.63, 3.8) is 0 Å². The van der Waals surface area contributed by atoms with Crippen LogP contribution in [0.15, 0.2) is 35.1 Å². The number of fused-ring (bicyclic) bond motifs is 3. The highest BCUT2D eigenvalue weighted by atomic mass is 16.6. The van der Waals surface area contributed by atoms with Crippen molar-refractivity contribution >= 4 is 17.8 Å². The molecule has 0 saturated carbocycles. The number of carbonyl (C=O) groups excluding carboxylic acids is 2. The fraction of sp³-hybridized carbons (Fsp3) is 0.500. The number of piperazine rings is 1. The van der Waals surface area contributed by atoms with E-state index in [1.54, 1.807) is 21.0 Å². The number of anilines is 1. The van der Waals surface area contributed by atoms with Crippen molar-refractivity contribution in [2.45, 2.75) is 59.1 Å². The number of benzene rings is 1. The van der Waals surface area contributed by atoms with Gasteiger partial charge in [-0.05, 0) is 32.9 Å². The number of hydrogen-bond donors (Lipinski definition) is 0. The molecule has 0 spiro atoms. The van der Waals surface area contributed by atoms with Crippen molar-refractivity contribution in [2.24, 2.45) is 0 Å². The van der Waals surface area contributed by atoms with Crippen molar-refractivity contribution < 1.29 is 18.8 Å². The average molecular weight is 508 g/mol. The highest BCUT2D eigenvalue weighted by molar-refractivity contribution is 5.95. The van der Waals surface area contributed by atoms with Crippen LogP contribution in [0.25, 0.3) is 17.2 Å². The molecule has 1 saturated heterocycles. The Morgan fingerprint density at radius 2 is 1.59 bits per heavy atom. The van der Waals surface area contributed by atoms with E-state index in [0.29, 0.717) is 50.1 Å². The smallest absolute Gasteiger partial charge is 0.410 e. The highest BCUT2D eigenvalue weighted by Crippen LogP contribution is 2.36. The SMILES string of the molecule is CC(C)(C)OC(=O)N1CCN(C(=O)N2Cc3c(-c4noc(C(C)(C)C)n4)ncn3-c3ccccc32)CC1. The molecule has 0 atom stereocenters. The van der Waals surface area contributed by atoms with E-state index in [1.165, 1.54) is 0 Å². The lowest BCUT2D eigenvalue weighted by molar-refractivity contribution is 0.0172. The van der Waals surface area contributed by atoms with E-state index >= 15 is 0 Å². The molecular weight excluding hydrogens is 474 g/mol. The first-order valence-electron chi connectivity index (χ1n) is 12.5. The van der Waals surface area contributed by atoms with Gasteiger partial charge in [0.25, 0.3) is 0 Å². The number of para-hydroxylation sites is 2. The summed E-state index contributed by atoms with van der Waals surface area (Å²) in [5.41, 5.74) is 2.18. The average Bonchev–Trinajstić information content (AvgIpc) is 3.49. The molecule has 37 heavy (non-hydrogen) atoms. The molecule has 0 bridgehead atoms. The summed E-state index contributed by atoms with van der Waals surface area (Å²) in [5, 5.41) is 4.17. The minimum absolute atomic E-state index is 0.127. The molecule has 0 aliphatic carbocycles. The Morgan fingerprint density at radius 3 is 2.22 bits per heavy atom. The molecule has 5 rings (SSSR count). The third-order valence-electron chi connectivity index (χ3n) is 6.32. The number of nitrogens with zero attached hydrogens (tertiary/aromatic N) is 7. The molecule has 2 aliphatic rings. The van der Waals surface area contributed by atoms with Gasteiger partial charge in [0.1, 0.15) is 17.6 Å². The Labute approximate surface area is 216 Å². The van der Waals surface area contributed by atoms with Crippen LogP contribution in [-0.4, -0.2) is 73.4 Å². The molecule has 0 N–H and O–H groups in total. The Kier molecular flexibility index (Phi) is 5.96. The van der Waals surface area contributed by atoms with Crippen LogP contribution in [0.4, 0.5) is 15.3 Å². The number of rotatable bonds is 1. The number of aromatic nitrogens is 4. The van der Waals surface area contributed by atoms with Crippen LogP contribution in [0.2, 0.25) is 0 Å². The van der Waals surface area contributed by atoms with Gasteiger partial charge in [0.2, 0.25) is 11.7 Å². The fourth-order valence-electron chi connectivity index (χ4n) is 4.42. The molecule has 196 valence electrons. The fourth-order valence-corrected chi connectivity index (χ4v) is 4.42. The summed E-state index contributed by atoms with van der Waals surface area (Å²) in [4.78, 5) is 40.6. The molecule has 3 amide bonds. The van der Waals surface area contributed by atoms with Gasteiger partial charge in [-0.3, -0.25) is 9.47 Å². The van der Waals surface area contributed by atoms with E-state index in [9.17, 15) is 9.59 Å². The van der Waals surface area contributed by atoms with Gasteiger partial charge < -0.3 is 19.1 Å². The number of ether oxygens (including phenoxy) is 1. The molecule has 2 aliphatic heterocycles. The highest BCUT2D eigenvalue weighted by Gasteiger charge is 2.35. The van der Waals surface area contributed by atoms with Gasteiger partial charge in [-0.25, -0.2) is 14.6 Å². The summed E-state index contributed by atoms with van der Waals surface area (Å²) < 4.78 is 13.0.